The average Bonchev–Trinajstić information content (AvgIpc) is 3.28. The number of likely N-dealkylation sites (tertiary alicyclic amines) is 1. The summed E-state index contributed by atoms with van der Waals surface area (Å²) in [6, 6.07) is 16.7. The predicted octanol–water partition coefficient (Wildman–Crippen LogP) is 3.37. The third kappa shape index (κ3) is 4.17. The van der Waals surface area contributed by atoms with Gasteiger partial charge in [-0.2, -0.15) is 0 Å². The fourth-order valence-corrected chi connectivity index (χ4v) is 3.84. The number of ether oxygens (including phenoxy) is 1. The number of carbonyl (C=O) groups excluding carboxylic acids is 1. The second-order valence-electron chi connectivity index (χ2n) is 7.23. The van der Waals surface area contributed by atoms with Gasteiger partial charge in [-0.15, -0.1) is 0 Å². The lowest BCUT2D eigenvalue weighted by Crippen LogP contribution is -2.38. The summed E-state index contributed by atoms with van der Waals surface area (Å²) in [5, 5.41) is 3.66. The molecular formula is C23H24N2O4. The molecule has 2 aromatic carbocycles. The van der Waals surface area contributed by atoms with Gasteiger partial charge < -0.3 is 14.5 Å². The molecule has 0 saturated carbocycles. The zero-order valence-electron chi connectivity index (χ0n) is 16.4. The Morgan fingerprint density at radius 3 is 2.59 bits per heavy atom. The molecule has 0 unspecified atom stereocenters. The summed E-state index contributed by atoms with van der Waals surface area (Å²) >= 11 is 0. The molecule has 6 heteroatoms. The number of nitrogens with zero attached hydrogens (tertiary/aromatic N) is 1. The van der Waals surface area contributed by atoms with E-state index in [1.54, 1.807) is 25.3 Å². The van der Waals surface area contributed by atoms with Crippen LogP contribution in [0.5, 0.6) is 5.75 Å². The van der Waals surface area contributed by atoms with Gasteiger partial charge in [0, 0.05) is 11.9 Å². The smallest absolute Gasteiger partial charge is 0.349 e. The zero-order chi connectivity index (χ0) is 20.2. The van der Waals surface area contributed by atoms with Gasteiger partial charge in [0.05, 0.1) is 13.2 Å². The second-order valence-corrected chi connectivity index (χ2v) is 7.23. The fraction of sp³-hybridized carbons (Fsp3) is 0.304. The van der Waals surface area contributed by atoms with Gasteiger partial charge in [-0.1, -0.05) is 30.3 Å². The molecule has 29 heavy (non-hydrogen) atoms. The summed E-state index contributed by atoms with van der Waals surface area (Å²) in [6.07, 6.45) is 2.30. The fourth-order valence-electron chi connectivity index (χ4n) is 3.84. The number of amides is 1. The maximum Gasteiger partial charge on any atom is 0.349 e. The van der Waals surface area contributed by atoms with Crippen molar-refractivity contribution in [1.82, 2.24) is 10.2 Å². The number of rotatable bonds is 6. The lowest BCUT2D eigenvalue weighted by atomic mass is 10.0. The van der Waals surface area contributed by atoms with Crippen molar-refractivity contribution in [2.45, 2.75) is 18.9 Å². The number of para-hydroxylation sites is 1. The SMILES string of the molecule is COc1ccc([C@@H](CNC(=O)c2cc3ccccc3oc2=O)N2CCCC2)cc1. The summed E-state index contributed by atoms with van der Waals surface area (Å²) in [5.74, 6) is 0.383. The molecule has 0 radical (unpaired) electrons. The first-order valence-electron chi connectivity index (χ1n) is 9.85. The summed E-state index contributed by atoms with van der Waals surface area (Å²) < 4.78 is 10.5. The van der Waals surface area contributed by atoms with E-state index in [0.717, 1.165) is 42.6 Å². The third-order valence-corrected chi connectivity index (χ3v) is 5.42. The van der Waals surface area contributed by atoms with Crippen LogP contribution in [0.3, 0.4) is 0 Å². The van der Waals surface area contributed by atoms with E-state index in [1.165, 1.54) is 0 Å². The quantitative estimate of drug-likeness (QED) is 0.651. The normalized spacial score (nSPS) is 15.3. The molecule has 1 fully saturated rings. The Labute approximate surface area is 169 Å². The maximum absolute atomic E-state index is 12.8. The summed E-state index contributed by atoms with van der Waals surface area (Å²) in [6.45, 7) is 2.40. The van der Waals surface area contributed by atoms with Crippen molar-refractivity contribution in [2.75, 3.05) is 26.7 Å². The van der Waals surface area contributed by atoms with Gasteiger partial charge in [0.1, 0.15) is 16.9 Å². The van der Waals surface area contributed by atoms with Crippen molar-refractivity contribution in [3.05, 3.63) is 76.1 Å². The third-order valence-electron chi connectivity index (χ3n) is 5.42. The molecule has 1 aliphatic heterocycles. The molecule has 2 heterocycles. The Balaban J connectivity index is 1.54. The lowest BCUT2D eigenvalue weighted by Gasteiger charge is -2.28. The summed E-state index contributed by atoms with van der Waals surface area (Å²) in [5.41, 5.74) is 0.989. The molecule has 6 nitrogen and oxygen atoms in total. The average molecular weight is 392 g/mol. The van der Waals surface area contributed by atoms with E-state index in [1.807, 2.05) is 36.4 Å². The molecule has 0 spiro atoms. The van der Waals surface area contributed by atoms with Crippen molar-refractivity contribution < 1.29 is 13.9 Å². The van der Waals surface area contributed by atoms with Crippen molar-refractivity contribution in [3.8, 4) is 5.75 Å². The van der Waals surface area contributed by atoms with Crippen LogP contribution in [0.2, 0.25) is 0 Å². The highest BCUT2D eigenvalue weighted by Crippen LogP contribution is 2.26. The molecule has 0 aliphatic carbocycles. The maximum atomic E-state index is 12.8. The Morgan fingerprint density at radius 1 is 1.14 bits per heavy atom. The van der Waals surface area contributed by atoms with Crippen LogP contribution >= 0.6 is 0 Å². The van der Waals surface area contributed by atoms with E-state index < -0.39 is 11.5 Å². The minimum Gasteiger partial charge on any atom is -0.497 e. The lowest BCUT2D eigenvalue weighted by molar-refractivity contribution is 0.0934. The minimum absolute atomic E-state index is 0.0265. The van der Waals surface area contributed by atoms with Crippen molar-refractivity contribution in [3.63, 3.8) is 0 Å². The Hall–Kier alpha value is -3.12. The predicted molar refractivity (Wildman–Crippen MR) is 111 cm³/mol. The van der Waals surface area contributed by atoms with E-state index in [0.29, 0.717) is 12.1 Å². The first-order chi connectivity index (χ1) is 14.2. The summed E-state index contributed by atoms with van der Waals surface area (Å²) in [4.78, 5) is 27.4. The Morgan fingerprint density at radius 2 is 1.86 bits per heavy atom. The molecule has 1 saturated heterocycles. The largest absolute Gasteiger partial charge is 0.497 e. The van der Waals surface area contributed by atoms with Crippen LogP contribution in [0, 0.1) is 0 Å². The van der Waals surface area contributed by atoms with Crippen LogP contribution < -0.4 is 15.7 Å². The molecule has 4 rings (SSSR count). The van der Waals surface area contributed by atoms with Gasteiger partial charge in [-0.25, -0.2) is 4.79 Å². The number of methoxy groups -OCH3 is 1. The van der Waals surface area contributed by atoms with E-state index in [-0.39, 0.29) is 11.6 Å². The second kappa shape index (κ2) is 8.49. The van der Waals surface area contributed by atoms with Crippen molar-refractivity contribution >= 4 is 16.9 Å². The van der Waals surface area contributed by atoms with Gasteiger partial charge >= 0.3 is 5.63 Å². The number of hydrogen-bond acceptors (Lipinski definition) is 5. The highest BCUT2D eigenvalue weighted by atomic mass is 16.5. The van der Waals surface area contributed by atoms with Crippen LogP contribution in [0.4, 0.5) is 0 Å². The molecule has 1 aromatic heterocycles. The van der Waals surface area contributed by atoms with Crippen LogP contribution in [0.25, 0.3) is 11.0 Å². The Kier molecular flexibility index (Phi) is 5.62. The van der Waals surface area contributed by atoms with Crippen LogP contribution in [0.15, 0.2) is 63.8 Å². The van der Waals surface area contributed by atoms with E-state index >= 15 is 0 Å². The number of benzene rings is 2. The highest BCUT2D eigenvalue weighted by molar-refractivity contribution is 5.96. The molecule has 1 amide bonds. The monoisotopic (exact) mass is 392 g/mol. The topological polar surface area (TPSA) is 71.8 Å². The molecule has 1 atom stereocenters. The van der Waals surface area contributed by atoms with Gasteiger partial charge in [0.2, 0.25) is 0 Å². The number of fused-ring (bicyclic) bond motifs is 1. The minimum atomic E-state index is -0.622. The molecular weight excluding hydrogens is 368 g/mol. The van der Waals surface area contributed by atoms with E-state index in [4.69, 9.17) is 9.15 Å². The van der Waals surface area contributed by atoms with Crippen molar-refractivity contribution in [2.24, 2.45) is 0 Å². The Bertz CT molecular complexity index is 1050. The van der Waals surface area contributed by atoms with Crippen LogP contribution in [-0.4, -0.2) is 37.6 Å². The van der Waals surface area contributed by atoms with E-state index in [2.05, 4.69) is 10.2 Å². The van der Waals surface area contributed by atoms with Crippen LogP contribution in [-0.2, 0) is 0 Å². The molecule has 1 aliphatic rings. The van der Waals surface area contributed by atoms with Gasteiger partial charge in [0.15, 0.2) is 0 Å². The number of nitrogens with one attached hydrogen (secondary N) is 1. The van der Waals surface area contributed by atoms with Gasteiger partial charge in [0.25, 0.3) is 5.91 Å². The van der Waals surface area contributed by atoms with Crippen molar-refractivity contribution in [1.29, 1.82) is 0 Å². The molecule has 3 aromatic rings. The summed E-state index contributed by atoms with van der Waals surface area (Å²) in [7, 11) is 1.64. The zero-order valence-corrected chi connectivity index (χ0v) is 16.4. The molecule has 150 valence electrons. The molecule has 0 bridgehead atoms. The van der Waals surface area contributed by atoms with E-state index in [9.17, 15) is 9.59 Å². The first kappa shape index (κ1) is 19.2. The van der Waals surface area contributed by atoms with Gasteiger partial charge in [-0.3, -0.25) is 9.69 Å². The van der Waals surface area contributed by atoms with Crippen LogP contribution in [0.1, 0.15) is 34.8 Å². The highest BCUT2D eigenvalue weighted by Gasteiger charge is 2.25. The number of hydrogen-bond donors (Lipinski definition) is 1. The number of carbonyl (C=O) groups is 1. The first-order valence-corrected chi connectivity index (χ1v) is 9.85. The van der Waals surface area contributed by atoms with Gasteiger partial charge in [-0.05, 0) is 55.8 Å². The standard InChI is InChI=1S/C23H24N2O4/c1-28-18-10-8-16(9-11-18)20(25-12-4-5-13-25)15-24-22(26)19-14-17-6-2-3-7-21(17)29-23(19)27/h2-3,6-11,14,20H,4-5,12-13,15H2,1H3,(H,24,26)/t20-/m1/s1. The molecule has 1 N–H and O–H groups in total.